The first kappa shape index (κ1) is 17.1. The fraction of sp³-hybridized carbons (Fsp3) is 0.176. The van der Waals surface area contributed by atoms with Gasteiger partial charge in [0.25, 0.3) is 0 Å². The molecule has 6 nitrogen and oxygen atoms in total. The van der Waals surface area contributed by atoms with Gasteiger partial charge in [-0.05, 0) is 53.6 Å². The lowest BCUT2D eigenvalue weighted by Crippen LogP contribution is -2.15. The smallest absolute Gasteiger partial charge is 0.234 e. The van der Waals surface area contributed by atoms with Crippen LogP contribution in [-0.4, -0.2) is 31.9 Å². The number of rotatable bonds is 5. The molecule has 25 heavy (non-hydrogen) atoms. The zero-order valence-electron chi connectivity index (χ0n) is 13.7. The number of halogens is 1. The number of para-hydroxylation sites is 1. The van der Waals surface area contributed by atoms with Gasteiger partial charge in [-0.25, -0.2) is 4.39 Å². The van der Waals surface area contributed by atoms with Crippen LogP contribution in [0.5, 0.6) is 0 Å². The highest BCUT2D eigenvalue weighted by molar-refractivity contribution is 7.99. The number of hydrogen-bond acceptors (Lipinski definition) is 5. The number of nitrogens with one attached hydrogen (secondary N) is 1. The Balaban J connectivity index is 1.66. The number of amides is 1. The van der Waals surface area contributed by atoms with Crippen LogP contribution >= 0.6 is 11.8 Å². The quantitative estimate of drug-likeness (QED) is 0.710. The number of aromatic nitrogens is 4. The van der Waals surface area contributed by atoms with Gasteiger partial charge in [0.1, 0.15) is 5.82 Å². The van der Waals surface area contributed by atoms with E-state index in [1.54, 1.807) is 23.7 Å². The third-order valence-corrected chi connectivity index (χ3v) is 4.49. The Morgan fingerprint density at radius 2 is 2.00 bits per heavy atom. The van der Waals surface area contributed by atoms with Crippen LogP contribution in [0.15, 0.2) is 47.6 Å². The van der Waals surface area contributed by atoms with Crippen LogP contribution in [-0.2, 0) is 4.79 Å². The molecule has 0 atom stereocenters. The summed E-state index contributed by atoms with van der Waals surface area (Å²) >= 11 is 1.21. The summed E-state index contributed by atoms with van der Waals surface area (Å²) < 4.78 is 15.1. The van der Waals surface area contributed by atoms with Gasteiger partial charge in [0.2, 0.25) is 11.1 Å². The highest BCUT2D eigenvalue weighted by Gasteiger charge is 2.13. The number of tetrazole rings is 1. The maximum atomic E-state index is 13.5. The summed E-state index contributed by atoms with van der Waals surface area (Å²) in [7, 11) is 0. The molecule has 0 spiro atoms. The van der Waals surface area contributed by atoms with Gasteiger partial charge < -0.3 is 5.32 Å². The van der Waals surface area contributed by atoms with Crippen molar-refractivity contribution in [3.63, 3.8) is 0 Å². The topological polar surface area (TPSA) is 72.7 Å². The fourth-order valence-electron chi connectivity index (χ4n) is 2.22. The molecule has 1 aromatic heterocycles. The van der Waals surface area contributed by atoms with E-state index in [0.29, 0.717) is 16.4 Å². The molecule has 0 fully saturated rings. The van der Waals surface area contributed by atoms with Gasteiger partial charge in [0.05, 0.1) is 11.4 Å². The molecule has 2 aromatic carbocycles. The molecular weight excluding hydrogens is 341 g/mol. The highest BCUT2D eigenvalue weighted by Crippen LogP contribution is 2.21. The fourth-order valence-corrected chi connectivity index (χ4v) is 2.90. The third kappa shape index (κ3) is 4.03. The summed E-state index contributed by atoms with van der Waals surface area (Å²) in [5.74, 6) is -0.497. The Morgan fingerprint density at radius 3 is 2.76 bits per heavy atom. The second-order valence-electron chi connectivity index (χ2n) is 5.46. The predicted molar refractivity (Wildman–Crippen MR) is 94.4 cm³/mol. The summed E-state index contributed by atoms with van der Waals surface area (Å²) in [6.07, 6.45) is 0. The molecule has 0 radical (unpaired) electrons. The normalized spacial score (nSPS) is 10.7. The van der Waals surface area contributed by atoms with E-state index in [1.807, 2.05) is 31.2 Å². The Hall–Kier alpha value is -2.74. The molecule has 0 aliphatic rings. The molecule has 3 aromatic rings. The molecule has 3 rings (SSSR count). The van der Waals surface area contributed by atoms with E-state index >= 15 is 0 Å². The van der Waals surface area contributed by atoms with Crippen molar-refractivity contribution in [2.24, 2.45) is 0 Å². The molecular formula is C17H16FN5OS. The molecule has 0 unspecified atom stereocenters. The Kier molecular flexibility index (Phi) is 5.08. The number of hydrogen-bond donors (Lipinski definition) is 1. The second-order valence-corrected chi connectivity index (χ2v) is 6.40. The zero-order valence-corrected chi connectivity index (χ0v) is 14.5. The van der Waals surface area contributed by atoms with Crippen molar-refractivity contribution >= 4 is 23.4 Å². The lowest BCUT2D eigenvalue weighted by molar-refractivity contribution is -0.113. The standard InChI is InChI=1S/C17H16FN5OS/c1-11-7-8-13(9-14(11)18)19-16(24)10-25-17-20-21-22-23(17)15-6-4-3-5-12(15)2/h3-9H,10H2,1-2H3,(H,19,24). The number of nitrogens with zero attached hydrogens (tertiary/aromatic N) is 4. The minimum atomic E-state index is -0.353. The van der Waals surface area contributed by atoms with Gasteiger partial charge >= 0.3 is 0 Å². The molecule has 128 valence electrons. The predicted octanol–water partition coefficient (Wildman–Crippen LogP) is 3.15. The van der Waals surface area contributed by atoms with Gasteiger partial charge in [0, 0.05) is 5.69 Å². The average Bonchev–Trinajstić information content (AvgIpc) is 3.05. The van der Waals surface area contributed by atoms with Gasteiger partial charge in [-0.2, -0.15) is 4.68 Å². The first-order valence-corrected chi connectivity index (χ1v) is 8.56. The molecule has 0 aliphatic heterocycles. The number of carbonyl (C=O) groups is 1. The van der Waals surface area contributed by atoms with Crippen molar-refractivity contribution in [1.82, 2.24) is 20.2 Å². The summed E-state index contributed by atoms with van der Waals surface area (Å²) in [4.78, 5) is 12.1. The molecule has 0 bridgehead atoms. The summed E-state index contributed by atoms with van der Waals surface area (Å²) in [6, 6.07) is 12.3. The van der Waals surface area contributed by atoms with E-state index in [9.17, 15) is 9.18 Å². The third-order valence-electron chi connectivity index (χ3n) is 3.57. The molecule has 8 heteroatoms. The van der Waals surface area contributed by atoms with Crippen molar-refractivity contribution in [2.75, 3.05) is 11.1 Å². The summed E-state index contributed by atoms with van der Waals surface area (Å²) in [6.45, 7) is 3.63. The van der Waals surface area contributed by atoms with Gasteiger partial charge in [-0.15, -0.1) is 5.10 Å². The molecule has 1 amide bonds. The van der Waals surface area contributed by atoms with Crippen LogP contribution in [0.3, 0.4) is 0 Å². The number of aryl methyl sites for hydroxylation is 2. The van der Waals surface area contributed by atoms with Crippen LogP contribution in [0.25, 0.3) is 5.69 Å². The molecule has 0 saturated carbocycles. The lowest BCUT2D eigenvalue weighted by Gasteiger charge is -2.08. The van der Waals surface area contributed by atoms with E-state index in [4.69, 9.17) is 0 Å². The van der Waals surface area contributed by atoms with Gasteiger partial charge in [-0.1, -0.05) is 36.0 Å². The molecule has 1 heterocycles. The number of thioether (sulfide) groups is 1. The van der Waals surface area contributed by atoms with Crippen LogP contribution in [0, 0.1) is 19.7 Å². The molecule has 0 saturated heterocycles. The van der Waals surface area contributed by atoms with E-state index in [-0.39, 0.29) is 17.5 Å². The highest BCUT2D eigenvalue weighted by atomic mass is 32.2. The maximum absolute atomic E-state index is 13.5. The number of anilines is 1. The number of benzene rings is 2. The van der Waals surface area contributed by atoms with Gasteiger partial charge in [0.15, 0.2) is 0 Å². The Morgan fingerprint density at radius 1 is 1.20 bits per heavy atom. The van der Waals surface area contributed by atoms with Crippen LogP contribution < -0.4 is 5.32 Å². The Bertz CT molecular complexity index is 912. The summed E-state index contributed by atoms with van der Waals surface area (Å²) in [5, 5.41) is 14.8. The van der Waals surface area contributed by atoms with Crippen molar-refractivity contribution in [3.05, 3.63) is 59.4 Å². The van der Waals surface area contributed by atoms with Crippen molar-refractivity contribution in [2.45, 2.75) is 19.0 Å². The summed E-state index contributed by atoms with van der Waals surface area (Å²) in [5.41, 5.74) is 2.84. The van der Waals surface area contributed by atoms with Crippen molar-refractivity contribution in [1.29, 1.82) is 0 Å². The first-order chi connectivity index (χ1) is 12.0. The minimum absolute atomic E-state index is 0.113. The zero-order chi connectivity index (χ0) is 17.8. The minimum Gasteiger partial charge on any atom is -0.325 e. The first-order valence-electron chi connectivity index (χ1n) is 7.58. The largest absolute Gasteiger partial charge is 0.325 e. The average molecular weight is 357 g/mol. The van der Waals surface area contributed by atoms with Crippen molar-refractivity contribution < 1.29 is 9.18 Å². The second kappa shape index (κ2) is 7.43. The Labute approximate surface area is 148 Å². The van der Waals surface area contributed by atoms with Crippen molar-refractivity contribution in [3.8, 4) is 5.69 Å². The van der Waals surface area contributed by atoms with Gasteiger partial charge in [-0.3, -0.25) is 4.79 Å². The lowest BCUT2D eigenvalue weighted by atomic mass is 10.2. The molecule has 0 aliphatic carbocycles. The van der Waals surface area contributed by atoms with Crippen LogP contribution in [0.2, 0.25) is 0 Å². The van der Waals surface area contributed by atoms with E-state index in [1.165, 1.54) is 17.8 Å². The molecule has 1 N–H and O–H groups in total. The van der Waals surface area contributed by atoms with E-state index in [0.717, 1.165) is 11.3 Å². The van der Waals surface area contributed by atoms with E-state index < -0.39 is 0 Å². The van der Waals surface area contributed by atoms with Crippen LogP contribution in [0.4, 0.5) is 10.1 Å². The maximum Gasteiger partial charge on any atom is 0.234 e. The van der Waals surface area contributed by atoms with E-state index in [2.05, 4.69) is 20.8 Å². The number of carbonyl (C=O) groups excluding carboxylic acids is 1. The monoisotopic (exact) mass is 357 g/mol. The SMILES string of the molecule is Cc1ccc(NC(=O)CSc2nnnn2-c2ccccc2C)cc1F. The van der Waals surface area contributed by atoms with Crippen LogP contribution in [0.1, 0.15) is 11.1 Å².